The fraction of sp³-hybridized carbons (Fsp3) is 0.312. The Bertz CT molecular complexity index is 548. The molecule has 106 valence electrons. The van der Waals surface area contributed by atoms with Crippen LogP contribution < -0.4 is 5.32 Å². The molecule has 20 heavy (non-hydrogen) atoms. The van der Waals surface area contributed by atoms with Gasteiger partial charge in [0.1, 0.15) is 11.5 Å². The van der Waals surface area contributed by atoms with Gasteiger partial charge in [0, 0.05) is 6.54 Å². The molecule has 0 spiro atoms. The Morgan fingerprint density at radius 2 is 2.00 bits per heavy atom. The Morgan fingerprint density at radius 3 is 2.60 bits per heavy atom. The van der Waals surface area contributed by atoms with Gasteiger partial charge < -0.3 is 14.5 Å². The van der Waals surface area contributed by atoms with Gasteiger partial charge in [-0.25, -0.2) is 0 Å². The molecule has 1 aromatic heterocycles. The van der Waals surface area contributed by atoms with Crippen LogP contribution in [0.4, 0.5) is 0 Å². The van der Waals surface area contributed by atoms with E-state index in [0.29, 0.717) is 13.1 Å². The number of benzene rings is 1. The molecule has 1 aromatic carbocycles. The number of furan rings is 1. The molecule has 0 saturated carbocycles. The van der Waals surface area contributed by atoms with Gasteiger partial charge in [-0.1, -0.05) is 30.3 Å². The zero-order chi connectivity index (χ0) is 14.4. The first-order chi connectivity index (χ1) is 9.70. The number of methoxy groups -OCH3 is 1. The third kappa shape index (κ3) is 3.71. The molecule has 0 radical (unpaired) electrons. The van der Waals surface area contributed by atoms with E-state index in [4.69, 9.17) is 9.15 Å². The van der Waals surface area contributed by atoms with Gasteiger partial charge in [-0.15, -0.1) is 0 Å². The number of hydrogen-bond donors (Lipinski definition) is 1. The van der Waals surface area contributed by atoms with E-state index in [9.17, 15) is 4.79 Å². The third-order valence-electron chi connectivity index (χ3n) is 3.13. The molecule has 4 nitrogen and oxygen atoms in total. The normalized spacial score (nSPS) is 12.1. The van der Waals surface area contributed by atoms with E-state index in [1.165, 1.54) is 7.11 Å². The molecule has 1 N–H and O–H groups in total. The molecule has 0 bridgehead atoms. The van der Waals surface area contributed by atoms with E-state index in [-0.39, 0.29) is 11.9 Å². The van der Waals surface area contributed by atoms with E-state index in [2.05, 4.69) is 5.32 Å². The summed E-state index contributed by atoms with van der Waals surface area (Å²) < 4.78 is 10.4. The molecule has 0 aliphatic heterocycles. The van der Waals surface area contributed by atoms with Crippen LogP contribution in [0, 0.1) is 6.92 Å². The number of esters is 1. The second-order valence-corrected chi connectivity index (χ2v) is 4.63. The topological polar surface area (TPSA) is 51.5 Å². The Kier molecular flexibility index (Phi) is 4.96. The molecular weight excluding hydrogens is 254 g/mol. The van der Waals surface area contributed by atoms with Crippen molar-refractivity contribution in [3.8, 4) is 0 Å². The number of aryl methyl sites for hydroxylation is 1. The Labute approximate surface area is 118 Å². The minimum Gasteiger partial charge on any atom is -0.469 e. The van der Waals surface area contributed by atoms with Crippen LogP contribution in [0.3, 0.4) is 0 Å². The SMILES string of the molecule is COC(=O)C(CNCc1ccc(C)o1)c1ccccc1. The summed E-state index contributed by atoms with van der Waals surface area (Å²) in [6, 6.07) is 13.5. The number of nitrogens with one attached hydrogen (secondary N) is 1. The van der Waals surface area contributed by atoms with Gasteiger partial charge in [-0.05, 0) is 24.6 Å². The van der Waals surface area contributed by atoms with Crippen molar-refractivity contribution >= 4 is 5.97 Å². The van der Waals surface area contributed by atoms with Crippen molar-refractivity contribution in [2.75, 3.05) is 13.7 Å². The zero-order valence-corrected chi connectivity index (χ0v) is 11.8. The zero-order valence-electron chi connectivity index (χ0n) is 11.8. The second-order valence-electron chi connectivity index (χ2n) is 4.63. The largest absolute Gasteiger partial charge is 0.469 e. The van der Waals surface area contributed by atoms with Crippen LogP contribution in [-0.4, -0.2) is 19.6 Å². The Hall–Kier alpha value is -2.07. The van der Waals surface area contributed by atoms with Crippen LogP contribution >= 0.6 is 0 Å². The molecule has 2 aromatic rings. The molecule has 1 heterocycles. The van der Waals surface area contributed by atoms with E-state index >= 15 is 0 Å². The highest BCUT2D eigenvalue weighted by Crippen LogP contribution is 2.16. The molecule has 0 fully saturated rings. The molecule has 1 unspecified atom stereocenters. The highest BCUT2D eigenvalue weighted by atomic mass is 16.5. The fourth-order valence-electron chi connectivity index (χ4n) is 2.08. The molecule has 4 heteroatoms. The van der Waals surface area contributed by atoms with Crippen molar-refractivity contribution in [2.45, 2.75) is 19.4 Å². The lowest BCUT2D eigenvalue weighted by molar-refractivity contribution is -0.142. The minimum absolute atomic E-state index is 0.237. The molecule has 1 atom stereocenters. The van der Waals surface area contributed by atoms with Gasteiger partial charge >= 0.3 is 5.97 Å². The smallest absolute Gasteiger partial charge is 0.314 e. The summed E-state index contributed by atoms with van der Waals surface area (Å²) >= 11 is 0. The molecule has 2 rings (SSSR count). The average molecular weight is 273 g/mol. The summed E-state index contributed by atoms with van der Waals surface area (Å²) in [7, 11) is 1.41. The fourth-order valence-corrected chi connectivity index (χ4v) is 2.08. The van der Waals surface area contributed by atoms with Crippen LogP contribution in [0.1, 0.15) is 23.0 Å². The van der Waals surface area contributed by atoms with Crippen LogP contribution in [0.2, 0.25) is 0 Å². The van der Waals surface area contributed by atoms with Crippen molar-refractivity contribution in [3.05, 3.63) is 59.5 Å². The van der Waals surface area contributed by atoms with Crippen LogP contribution in [0.5, 0.6) is 0 Å². The van der Waals surface area contributed by atoms with Crippen LogP contribution in [-0.2, 0) is 16.1 Å². The summed E-state index contributed by atoms with van der Waals surface area (Å²) in [4.78, 5) is 11.9. The first-order valence-electron chi connectivity index (χ1n) is 6.59. The molecular formula is C16H19NO3. The molecule has 0 aliphatic rings. The third-order valence-corrected chi connectivity index (χ3v) is 3.13. The number of ether oxygens (including phenoxy) is 1. The first-order valence-corrected chi connectivity index (χ1v) is 6.59. The summed E-state index contributed by atoms with van der Waals surface area (Å²) in [5, 5.41) is 3.23. The number of carbonyl (C=O) groups is 1. The van der Waals surface area contributed by atoms with Gasteiger partial charge in [0.15, 0.2) is 0 Å². The van der Waals surface area contributed by atoms with E-state index in [0.717, 1.165) is 17.1 Å². The lowest BCUT2D eigenvalue weighted by Crippen LogP contribution is -2.27. The summed E-state index contributed by atoms with van der Waals surface area (Å²) in [6.07, 6.45) is 0. The van der Waals surface area contributed by atoms with E-state index < -0.39 is 0 Å². The highest BCUT2D eigenvalue weighted by molar-refractivity contribution is 5.78. The molecule has 0 saturated heterocycles. The maximum Gasteiger partial charge on any atom is 0.314 e. The van der Waals surface area contributed by atoms with Gasteiger partial charge in [0.05, 0.1) is 19.6 Å². The minimum atomic E-state index is -0.308. The van der Waals surface area contributed by atoms with Crippen molar-refractivity contribution in [3.63, 3.8) is 0 Å². The monoisotopic (exact) mass is 273 g/mol. The van der Waals surface area contributed by atoms with Crippen molar-refractivity contribution < 1.29 is 13.9 Å². The summed E-state index contributed by atoms with van der Waals surface area (Å²) in [6.45, 7) is 3.01. The van der Waals surface area contributed by atoms with Crippen LogP contribution in [0.15, 0.2) is 46.9 Å². The predicted molar refractivity (Wildman–Crippen MR) is 76.4 cm³/mol. The molecule has 0 aliphatic carbocycles. The second kappa shape index (κ2) is 6.91. The first kappa shape index (κ1) is 14.3. The predicted octanol–water partition coefficient (Wildman–Crippen LogP) is 2.63. The maximum absolute atomic E-state index is 11.9. The van der Waals surface area contributed by atoms with Crippen molar-refractivity contribution in [1.82, 2.24) is 5.32 Å². The lowest BCUT2D eigenvalue weighted by atomic mass is 9.99. The van der Waals surface area contributed by atoms with Gasteiger partial charge in [0.2, 0.25) is 0 Å². The lowest BCUT2D eigenvalue weighted by Gasteiger charge is -2.15. The number of hydrogen-bond acceptors (Lipinski definition) is 4. The van der Waals surface area contributed by atoms with Gasteiger partial charge in [-0.2, -0.15) is 0 Å². The number of carbonyl (C=O) groups excluding carboxylic acids is 1. The average Bonchev–Trinajstić information content (AvgIpc) is 2.89. The Balaban J connectivity index is 1.96. The highest BCUT2D eigenvalue weighted by Gasteiger charge is 2.20. The summed E-state index contributed by atoms with van der Waals surface area (Å²) in [5.41, 5.74) is 0.947. The Morgan fingerprint density at radius 1 is 1.25 bits per heavy atom. The standard InChI is InChI=1S/C16H19NO3/c1-12-8-9-14(20-12)10-17-11-15(16(18)19-2)13-6-4-3-5-7-13/h3-9,15,17H,10-11H2,1-2H3. The van der Waals surface area contributed by atoms with Crippen LogP contribution in [0.25, 0.3) is 0 Å². The quantitative estimate of drug-likeness (QED) is 0.822. The van der Waals surface area contributed by atoms with Gasteiger partial charge in [0.25, 0.3) is 0 Å². The van der Waals surface area contributed by atoms with Crippen molar-refractivity contribution in [2.24, 2.45) is 0 Å². The molecule has 0 amide bonds. The van der Waals surface area contributed by atoms with Gasteiger partial charge in [-0.3, -0.25) is 4.79 Å². The number of rotatable bonds is 6. The summed E-state index contributed by atoms with van der Waals surface area (Å²) in [5.74, 6) is 1.20. The van der Waals surface area contributed by atoms with E-state index in [1.54, 1.807) is 0 Å². The maximum atomic E-state index is 11.9. The van der Waals surface area contributed by atoms with E-state index in [1.807, 2.05) is 49.4 Å². The van der Waals surface area contributed by atoms with Crippen molar-refractivity contribution in [1.29, 1.82) is 0 Å².